The van der Waals surface area contributed by atoms with E-state index >= 15 is 0 Å². The minimum Gasteiger partial charge on any atom is -0.489 e. The standard InChI is InChI=1S/C14H18ClN3O6S/c15-11-7-9(17-25(22,23)8-13(19)20)1-2-12(11)24-10-3-5-18(6-4-10)14(16)21/h1-2,7,10,17H,3-6,8H2,(H2,16,21)(H,19,20). The quantitative estimate of drug-likeness (QED) is 0.663. The van der Waals surface area contributed by atoms with Crippen molar-refractivity contribution in [3.63, 3.8) is 0 Å². The second kappa shape index (κ2) is 7.79. The second-order valence-corrected chi connectivity index (χ2v) is 7.67. The zero-order valence-electron chi connectivity index (χ0n) is 13.1. The Labute approximate surface area is 149 Å². The normalized spacial score (nSPS) is 15.6. The molecule has 0 atom stereocenters. The van der Waals surface area contributed by atoms with Crippen LogP contribution in [0.4, 0.5) is 10.5 Å². The molecule has 2 amide bonds. The average molecular weight is 392 g/mol. The van der Waals surface area contributed by atoms with Crippen molar-refractivity contribution in [2.24, 2.45) is 5.73 Å². The van der Waals surface area contributed by atoms with Gasteiger partial charge in [-0.2, -0.15) is 0 Å². The van der Waals surface area contributed by atoms with Gasteiger partial charge in [-0.3, -0.25) is 9.52 Å². The summed E-state index contributed by atoms with van der Waals surface area (Å²) in [5.41, 5.74) is 5.36. The molecule has 0 spiro atoms. The maximum Gasteiger partial charge on any atom is 0.320 e. The number of likely N-dealkylation sites (tertiary alicyclic amines) is 1. The van der Waals surface area contributed by atoms with E-state index in [9.17, 15) is 18.0 Å². The molecule has 1 aromatic carbocycles. The van der Waals surface area contributed by atoms with Gasteiger partial charge in [0.2, 0.25) is 10.0 Å². The van der Waals surface area contributed by atoms with E-state index in [1.54, 1.807) is 0 Å². The van der Waals surface area contributed by atoms with E-state index in [2.05, 4.69) is 4.72 Å². The number of carboxylic acids is 1. The molecule has 25 heavy (non-hydrogen) atoms. The van der Waals surface area contributed by atoms with Crippen LogP contribution in [-0.4, -0.2) is 55.4 Å². The molecule has 1 heterocycles. The molecule has 4 N–H and O–H groups in total. The molecule has 0 bridgehead atoms. The third-order valence-corrected chi connectivity index (χ3v) is 5.04. The largest absolute Gasteiger partial charge is 0.489 e. The Morgan fingerprint density at radius 1 is 1.36 bits per heavy atom. The molecule has 1 aliphatic heterocycles. The number of rotatable bonds is 6. The molecule has 0 aromatic heterocycles. The van der Waals surface area contributed by atoms with E-state index in [-0.39, 0.29) is 16.8 Å². The first-order chi connectivity index (χ1) is 11.7. The first-order valence-corrected chi connectivity index (χ1v) is 9.42. The zero-order valence-corrected chi connectivity index (χ0v) is 14.7. The van der Waals surface area contributed by atoms with Gasteiger partial charge in [0.05, 0.1) is 10.7 Å². The molecule has 9 nitrogen and oxygen atoms in total. The van der Waals surface area contributed by atoms with Crippen molar-refractivity contribution in [3.05, 3.63) is 23.2 Å². The summed E-state index contributed by atoms with van der Waals surface area (Å²) < 4.78 is 31.1. The van der Waals surface area contributed by atoms with Crippen LogP contribution in [0.25, 0.3) is 0 Å². The average Bonchev–Trinajstić information content (AvgIpc) is 2.48. The number of anilines is 1. The Morgan fingerprint density at radius 3 is 2.52 bits per heavy atom. The van der Waals surface area contributed by atoms with Gasteiger partial charge in [-0.05, 0) is 18.2 Å². The van der Waals surface area contributed by atoms with Gasteiger partial charge >= 0.3 is 12.0 Å². The predicted octanol–water partition coefficient (Wildman–Crippen LogP) is 1.09. The lowest BCUT2D eigenvalue weighted by Crippen LogP contribution is -2.44. The monoisotopic (exact) mass is 391 g/mol. The summed E-state index contributed by atoms with van der Waals surface area (Å²) >= 11 is 6.10. The number of aliphatic carboxylic acids is 1. The van der Waals surface area contributed by atoms with Crippen molar-refractivity contribution in [1.29, 1.82) is 0 Å². The van der Waals surface area contributed by atoms with E-state index in [1.807, 2.05) is 0 Å². The number of nitrogens with two attached hydrogens (primary N) is 1. The summed E-state index contributed by atoms with van der Waals surface area (Å²) in [5, 5.41) is 8.75. The topological polar surface area (TPSA) is 139 Å². The minimum atomic E-state index is -4.00. The van der Waals surface area contributed by atoms with Crippen LogP contribution in [-0.2, 0) is 14.8 Å². The molecule has 0 saturated carbocycles. The molecule has 1 fully saturated rings. The SMILES string of the molecule is NC(=O)N1CCC(Oc2ccc(NS(=O)(=O)CC(=O)O)cc2Cl)CC1. The van der Waals surface area contributed by atoms with Crippen LogP contribution in [0.1, 0.15) is 12.8 Å². The molecule has 0 radical (unpaired) electrons. The lowest BCUT2D eigenvalue weighted by atomic mass is 10.1. The van der Waals surface area contributed by atoms with Gasteiger partial charge in [0.15, 0.2) is 5.75 Å². The van der Waals surface area contributed by atoms with Crippen molar-refractivity contribution < 1.29 is 27.9 Å². The molecular formula is C14H18ClN3O6S. The first kappa shape index (κ1) is 19.1. The maximum absolute atomic E-state index is 11.6. The fourth-order valence-corrected chi connectivity index (χ4v) is 3.52. The number of benzene rings is 1. The molecule has 138 valence electrons. The molecule has 11 heteroatoms. The van der Waals surface area contributed by atoms with E-state index < -0.39 is 27.8 Å². The van der Waals surface area contributed by atoms with E-state index in [1.165, 1.54) is 23.1 Å². The number of ether oxygens (including phenoxy) is 1. The Balaban J connectivity index is 1.98. The van der Waals surface area contributed by atoms with Crippen LogP contribution in [0.3, 0.4) is 0 Å². The fourth-order valence-electron chi connectivity index (χ4n) is 2.41. The summed E-state index contributed by atoms with van der Waals surface area (Å²) in [6, 6.07) is 3.81. The highest BCUT2D eigenvalue weighted by molar-refractivity contribution is 7.93. The molecule has 1 saturated heterocycles. The fraction of sp³-hybridized carbons (Fsp3) is 0.429. The number of sulfonamides is 1. The van der Waals surface area contributed by atoms with Gasteiger partial charge < -0.3 is 20.5 Å². The number of amides is 2. The second-order valence-electron chi connectivity index (χ2n) is 5.54. The van der Waals surface area contributed by atoms with Crippen LogP contribution in [0.2, 0.25) is 5.02 Å². The van der Waals surface area contributed by atoms with Crippen molar-refractivity contribution in [2.75, 3.05) is 23.6 Å². The lowest BCUT2D eigenvalue weighted by Gasteiger charge is -2.31. The molecular weight excluding hydrogens is 374 g/mol. The highest BCUT2D eigenvalue weighted by atomic mass is 35.5. The number of nitrogens with one attached hydrogen (secondary N) is 1. The minimum absolute atomic E-state index is 0.136. The number of hydrogen-bond acceptors (Lipinski definition) is 5. The predicted molar refractivity (Wildman–Crippen MR) is 91.3 cm³/mol. The maximum atomic E-state index is 11.6. The summed E-state index contributed by atoms with van der Waals surface area (Å²) in [6.07, 6.45) is 1.07. The Bertz CT molecular complexity index is 762. The molecule has 2 rings (SSSR count). The Morgan fingerprint density at radius 2 is 2.00 bits per heavy atom. The number of hydrogen-bond donors (Lipinski definition) is 3. The van der Waals surface area contributed by atoms with E-state index in [4.69, 9.17) is 27.2 Å². The van der Waals surface area contributed by atoms with Crippen molar-refractivity contribution in [1.82, 2.24) is 4.90 Å². The number of urea groups is 1. The molecule has 1 aromatic rings. The number of carbonyl (C=O) groups excluding carboxylic acids is 1. The third kappa shape index (κ3) is 5.68. The van der Waals surface area contributed by atoms with Crippen LogP contribution < -0.4 is 15.2 Å². The smallest absolute Gasteiger partial charge is 0.320 e. The number of halogens is 1. The van der Waals surface area contributed by atoms with E-state index in [0.29, 0.717) is 31.7 Å². The molecule has 0 aliphatic carbocycles. The summed E-state index contributed by atoms with van der Waals surface area (Å²) in [5.74, 6) is -2.12. The first-order valence-electron chi connectivity index (χ1n) is 7.39. The van der Waals surface area contributed by atoms with Gasteiger partial charge in [-0.25, -0.2) is 13.2 Å². The van der Waals surface area contributed by atoms with Gasteiger partial charge in [0.25, 0.3) is 0 Å². The number of nitrogens with zero attached hydrogens (tertiary/aromatic N) is 1. The Hall–Kier alpha value is -2.20. The van der Waals surface area contributed by atoms with Gasteiger partial charge in [-0.1, -0.05) is 11.6 Å². The highest BCUT2D eigenvalue weighted by Gasteiger charge is 2.23. The third-order valence-electron chi connectivity index (χ3n) is 3.57. The molecule has 1 aliphatic rings. The number of carboxylic acid groups (broad SMARTS) is 1. The summed E-state index contributed by atoms with van der Waals surface area (Å²) in [6.45, 7) is 0.982. The molecule has 0 unspecified atom stereocenters. The van der Waals surface area contributed by atoms with Crippen molar-refractivity contribution in [2.45, 2.75) is 18.9 Å². The van der Waals surface area contributed by atoms with Crippen LogP contribution in [0.5, 0.6) is 5.75 Å². The van der Waals surface area contributed by atoms with Crippen LogP contribution in [0, 0.1) is 0 Å². The van der Waals surface area contributed by atoms with Crippen LogP contribution >= 0.6 is 11.6 Å². The van der Waals surface area contributed by atoms with Gasteiger partial charge in [0.1, 0.15) is 11.9 Å². The lowest BCUT2D eigenvalue weighted by molar-refractivity contribution is -0.134. The zero-order chi connectivity index (χ0) is 18.6. The summed E-state index contributed by atoms with van der Waals surface area (Å²) in [4.78, 5) is 23.1. The van der Waals surface area contributed by atoms with Crippen LogP contribution in [0.15, 0.2) is 18.2 Å². The van der Waals surface area contributed by atoms with Crippen molar-refractivity contribution >= 4 is 39.3 Å². The van der Waals surface area contributed by atoms with Crippen molar-refractivity contribution in [3.8, 4) is 5.75 Å². The number of carbonyl (C=O) groups is 2. The van der Waals surface area contributed by atoms with E-state index in [0.717, 1.165) is 0 Å². The number of primary amides is 1. The highest BCUT2D eigenvalue weighted by Crippen LogP contribution is 2.30. The van der Waals surface area contributed by atoms with Gasteiger partial charge in [0, 0.05) is 25.9 Å². The number of piperidine rings is 1. The van der Waals surface area contributed by atoms with Gasteiger partial charge in [-0.15, -0.1) is 0 Å². The summed E-state index contributed by atoms with van der Waals surface area (Å²) in [7, 11) is -4.00. The Kier molecular flexibility index (Phi) is 5.96.